The summed E-state index contributed by atoms with van der Waals surface area (Å²) in [5.74, 6) is -8.94. The van der Waals surface area contributed by atoms with Crippen LogP contribution in [0.5, 0.6) is 11.5 Å². The highest BCUT2D eigenvalue weighted by Crippen LogP contribution is 2.66. The summed E-state index contributed by atoms with van der Waals surface area (Å²) in [5.41, 5.74) is 0.594. The molecule has 4 aliphatic rings. The van der Waals surface area contributed by atoms with Gasteiger partial charge in [-0.05, 0) is 49.1 Å². The van der Waals surface area contributed by atoms with Crippen LogP contribution in [0.2, 0.25) is 0 Å². The van der Waals surface area contributed by atoms with Crippen molar-refractivity contribution in [2.75, 3.05) is 18.6 Å². The number of methoxy groups -OCH3 is 1. The Morgan fingerprint density at radius 3 is 2.40 bits per heavy atom. The molecule has 0 radical (unpaired) electrons. The molecule has 4 amide bonds. The Labute approximate surface area is 254 Å². The zero-order valence-electron chi connectivity index (χ0n) is 22.6. The average Bonchev–Trinajstić information content (AvgIpc) is 3.30. The number of carboxylic acids is 1. The minimum Gasteiger partial charge on any atom is -0.504 e. The second-order valence-electron chi connectivity index (χ2n) is 11.1. The van der Waals surface area contributed by atoms with Crippen molar-refractivity contribution in [1.29, 1.82) is 0 Å². The number of hydrogen-bond acceptors (Lipinski definition) is 7. The fourth-order valence-corrected chi connectivity index (χ4v) is 8.10. The van der Waals surface area contributed by atoms with Gasteiger partial charge in [-0.2, -0.15) is 0 Å². The molecule has 0 aromatic heterocycles. The van der Waals surface area contributed by atoms with Gasteiger partial charge in [-0.15, -0.1) is 23.2 Å². The van der Waals surface area contributed by atoms with Crippen LogP contribution in [-0.4, -0.2) is 68.1 Å². The maximum absolute atomic E-state index is 14.3. The van der Waals surface area contributed by atoms with Crippen molar-refractivity contribution >= 4 is 58.5 Å². The molecule has 13 heteroatoms. The summed E-state index contributed by atoms with van der Waals surface area (Å²) >= 11 is 14.5. The lowest BCUT2D eigenvalue weighted by atomic mass is 9.56. The summed E-state index contributed by atoms with van der Waals surface area (Å²) in [7, 11) is 1.34. The van der Waals surface area contributed by atoms with Crippen LogP contribution in [-0.2, 0) is 24.0 Å². The Morgan fingerprint density at radius 1 is 1.05 bits per heavy atom. The van der Waals surface area contributed by atoms with Crippen LogP contribution >= 0.6 is 23.2 Å². The number of benzene rings is 2. The molecule has 2 aromatic rings. The first-order valence-electron chi connectivity index (χ1n) is 13.5. The van der Waals surface area contributed by atoms with Crippen molar-refractivity contribution in [1.82, 2.24) is 4.90 Å². The maximum Gasteiger partial charge on any atom is 0.305 e. The minimum atomic E-state index is -2.21. The van der Waals surface area contributed by atoms with Crippen molar-refractivity contribution in [2.45, 2.75) is 34.9 Å². The number of carbonyl (C=O) groups is 5. The number of halogens is 3. The number of allylic oxidation sites excluding steroid dienone is 2. The van der Waals surface area contributed by atoms with Gasteiger partial charge in [0.2, 0.25) is 11.8 Å². The van der Waals surface area contributed by atoms with Crippen molar-refractivity contribution in [2.24, 2.45) is 17.8 Å². The number of fused-ring (bicyclic) bond motifs is 4. The van der Waals surface area contributed by atoms with Crippen molar-refractivity contribution in [3.05, 3.63) is 65.5 Å². The van der Waals surface area contributed by atoms with E-state index in [-0.39, 0.29) is 42.1 Å². The molecule has 2 heterocycles. The van der Waals surface area contributed by atoms with E-state index < -0.39 is 75.3 Å². The number of imide groups is 2. The summed E-state index contributed by atoms with van der Waals surface area (Å²) in [5, 5.41) is 20.4. The van der Waals surface area contributed by atoms with Crippen molar-refractivity contribution < 1.29 is 43.3 Å². The predicted molar refractivity (Wildman–Crippen MR) is 150 cm³/mol. The molecule has 6 atom stereocenters. The third kappa shape index (κ3) is 3.94. The molecule has 10 nitrogen and oxygen atoms in total. The van der Waals surface area contributed by atoms with E-state index in [9.17, 15) is 33.5 Å². The average molecular weight is 631 g/mol. The summed E-state index contributed by atoms with van der Waals surface area (Å²) in [6, 6.07) is 9.20. The topological polar surface area (TPSA) is 142 Å². The van der Waals surface area contributed by atoms with Crippen LogP contribution in [0, 0.1) is 23.6 Å². The van der Waals surface area contributed by atoms with E-state index in [1.165, 1.54) is 31.4 Å². The van der Waals surface area contributed by atoms with Gasteiger partial charge in [-0.1, -0.05) is 23.8 Å². The molecular formula is C30H25Cl2FN2O8. The number of rotatable bonds is 6. The molecule has 2 aliphatic heterocycles. The molecular weight excluding hydrogens is 606 g/mol. The quantitative estimate of drug-likeness (QED) is 0.280. The zero-order chi connectivity index (χ0) is 31.0. The van der Waals surface area contributed by atoms with E-state index in [1.54, 1.807) is 12.1 Å². The number of carbonyl (C=O) groups excluding carboxylic acids is 4. The summed E-state index contributed by atoms with van der Waals surface area (Å²) in [4.78, 5) is 64.0. The Kier molecular flexibility index (Phi) is 6.81. The van der Waals surface area contributed by atoms with Gasteiger partial charge in [-0.25, -0.2) is 9.29 Å². The number of aliphatic carboxylic acids is 1. The number of likely N-dealkylation sites (tertiary alicyclic amines) is 1. The SMILES string of the molecule is COc1cccc([C@H]2C3=CC[C@@H]4C(=O)N(CCC(=O)O)C(=O)[C@@H]4[C@@H]3C[C@@]3(Cl)C(=O)N(c4ccc(F)cc4)C(=O)[C@@]23Cl)c1O. The van der Waals surface area contributed by atoms with E-state index in [4.69, 9.17) is 33.0 Å². The van der Waals surface area contributed by atoms with E-state index >= 15 is 0 Å². The fourth-order valence-electron chi connectivity index (χ4n) is 7.17. The molecule has 1 saturated carbocycles. The Morgan fingerprint density at radius 2 is 1.74 bits per heavy atom. The summed E-state index contributed by atoms with van der Waals surface area (Å²) < 4.78 is 19.1. The third-order valence-electron chi connectivity index (χ3n) is 9.10. The maximum atomic E-state index is 14.3. The molecule has 3 fully saturated rings. The van der Waals surface area contributed by atoms with E-state index in [2.05, 4.69) is 0 Å². The van der Waals surface area contributed by atoms with Crippen LogP contribution in [0.15, 0.2) is 54.1 Å². The summed E-state index contributed by atoms with van der Waals surface area (Å²) in [6.45, 7) is -0.316. The molecule has 2 saturated heterocycles. The van der Waals surface area contributed by atoms with Crippen LogP contribution in [0.1, 0.15) is 30.7 Å². The first-order valence-corrected chi connectivity index (χ1v) is 14.3. The normalized spacial score (nSPS) is 31.5. The lowest BCUT2D eigenvalue weighted by Crippen LogP contribution is -2.60. The first-order chi connectivity index (χ1) is 20.4. The van der Waals surface area contributed by atoms with Gasteiger partial charge in [0.15, 0.2) is 21.2 Å². The number of ether oxygens (including phenoxy) is 1. The number of nitrogens with zero attached hydrogens (tertiary/aromatic N) is 2. The highest BCUT2D eigenvalue weighted by atomic mass is 35.5. The van der Waals surface area contributed by atoms with E-state index in [0.29, 0.717) is 5.57 Å². The van der Waals surface area contributed by atoms with Gasteiger partial charge in [0, 0.05) is 18.0 Å². The number of phenolic OH excluding ortho intramolecular Hbond substituents is 1. The predicted octanol–water partition coefficient (Wildman–Crippen LogP) is 3.58. The monoisotopic (exact) mass is 630 g/mol. The largest absolute Gasteiger partial charge is 0.504 e. The minimum absolute atomic E-state index is 0.0289. The first kappa shape index (κ1) is 29.1. The van der Waals surface area contributed by atoms with Gasteiger partial charge in [0.1, 0.15) is 5.82 Å². The number of hydrogen-bond donors (Lipinski definition) is 2. The van der Waals surface area contributed by atoms with Gasteiger partial charge >= 0.3 is 5.97 Å². The molecule has 43 heavy (non-hydrogen) atoms. The number of amides is 4. The van der Waals surface area contributed by atoms with Gasteiger partial charge in [0.05, 0.1) is 31.1 Å². The molecule has 2 aromatic carbocycles. The highest BCUT2D eigenvalue weighted by Gasteiger charge is 2.77. The van der Waals surface area contributed by atoms with Crippen LogP contribution in [0.4, 0.5) is 10.1 Å². The number of alkyl halides is 2. The van der Waals surface area contributed by atoms with E-state index in [0.717, 1.165) is 21.9 Å². The molecule has 2 aliphatic carbocycles. The molecule has 0 unspecified atom stereocenters. The van der Waals surface area contributed by atoms with Crippen molar-refractivity contribution in [3.63, 3.8) is 0 Å². The number of carboxylic acid groups (broad SMARTS) is 1. The molecule has 0 bridgehead atoms. The van der Waals surface area contributed by atoms with Gasteiger partial charge in [0.25, 0.3) is 11.8 Å². The van der Waals surface area contributed by atoms with Crippen LogP contribution in [0.25, 0.3) is 0 Å². The second kappa shape index (κ2) is 10.1. The zero-order valence-corrected chi connectivity index (χ0v) is 24.1. The van der Waals surface area contributed by atoms with Crippen molar-refractivity contribution in [3.8, 4) is 11.5 Å². The molecule has 224 valence electrons. The number of anilines is 1. The number of phenols is 1. The Hall–Kier alpha value is -3.96. The Balaban J connectivity index is 1.54. The molecule has 6 rings (SSSR count). The van der Waals surface area contributed by atoms with E-state index in [1.807, 2.05) is 0 Å². The summed E-state index contributed by atoms with van der Waals surface area (Å²) in [6.07, 6.45) is 1.03. The van der Waals surface area contributed by atoms with Crippen LogP contribution in [0.3, 0.4) is 0 Å². The second-order valence-corrected chi connectivity index (χ2v) is 12.4. The smallest absolute Gasteiger partial charge is 0.305 e. The highest BCUT2D eigenvalue weighted by molar-refractivity contribution is 6.58. The third-order valence-corrected chi connectivity index (χ3v) is 10.5. The number of para-hydroxylation sites is 1. The van der Waals surface area contributed by atoms with Crippen LogP contribution < -0.4 is 9.64 Å². The Bertz CT molecular complexity index is 1630. The lowest BCUT2D eigenvalue weighted by Gasteiger charge is -2.50. The van der Waals surface area contributed by atoms with Gasteiger partial charge in [-0.3, -0.25) is 28.9 Å². The van der Waals surface area contributed by atoms with Gasteiger partial charge < -0.3 is 14.9 Å². The number of aromatic hydroxyl groups is 1. The molecule has 2 N–H and O–H groups in total. The lowest BCUT2D eigenvalue weighted by molar-refractivity contribution is -0.142. The standard InChI is InChI=1S/C30H25Cl2FN2O8/c1-43-20-4-2-3-18(24(20)38)23-16-9-10-17-22(26(40)34(25(17)39)12-11-21(36)37)19(16)13-29(31)27(41)35(28(42)30(23,29)32)15-7-5-14(33)6-8-15/h2-9,17,19,22-23,38H,10-13H2,1H3,(H,36,37)/t17-,19+,22-,23+,29+,30-/m0/s1. The fraction of sp³-hybridized carbons (Fsp3) is 0.367. The molecule has 0 spiro atoms.